The van der Waals surface area contributed by atoms with Crippen molar-refractivity contribution in [1.29, 1.82) is 0 Å². The lowest BCUT2D eigenvalue weighted by molar-refractivity contribution is -0.137. The van der Waals surface area contributed by atoms with Gasteiger partial charge in [0.05, 0.1) is 7.11 Å². The number of ether oxygens (including phenoxy) is 2. The van der Waals surface area contributed by atoms with Crippen LogP contribution in [0.3, 0.4) is 0 Å². The molecular weight excluding hydrogens is 294 g/mol. The topological polar surface area (TPSA) is 64.6 Å². The summed E-state index contributed by atoms with van der Waals surface area (Å²) in [6, 6.07) is 17.0. The van der Waals surface area contributed by atoms with Crippen molar-refractivity contribution in [3.05, 3.63) is 71.4 Å². The van der Waals surface area contributed by atoms with Crippen LogP contribution in [0.25, 0.3) is 6.08 Å². The highest BCUT2D eigenvalue weighted by atomic mass is 16.5. The zero-order valence-corrected chi connectivity index (χ0v) is 12.7. The average molecular weight is 311 g/mol. The SMILES string of the molecule is COC(=O)/C(=C/c1ccc(OCc2ccccc2)cc1)NC=O. The number of hydrogen-bond donors (Lipinski definition) is 1. The van der Waals surface area contributed by atoms with Gasteiger partial charge >= 0.3 is 5.97 Å². The van der Waals surface area contributed by atoms with Crippen LogP contribution in [0.5, 0.6) is 5.75 Å². The highest BCUT2D eigenvalue weighted by molar-refractivity contribution is 5.95. The summed E-state index contributed by atoms with van der Waals surface area (Å²) in [5.74, 6) is 0.107. The first-order valence-electron chi connectivity index (χ1n) is 7.00. The van der Waals surface area contributed by atoms with Crippen LogP contribution in [0.2, 0.25) is 0 Å². The molecule has 2 rings (SSSR count). The Labute approximate surface area is 134 Å². The predicted molar refractivity (Wildman–Crippen MR) is 86.4 cm³/mol. The molecule has 0 aliphatic carbocycles. The zero-order chi connectivity index (χ0) is 16.5. The number of carbonyl (C=O) groups excluding carboxylic acids is 2. The van der Waals surface area contributed by atoms with Crippen LogP contribution < -0.4 is 10.1 Å². The molecule has 23 heavy (non-hydrogen) atoms. The predicted octanol–water partition coefficient (Wildman–Crippen LogP) is 2.53. The maximum absolute atomic E-state index is 11.5. The molecule has 0 aromatic heterocycles. The van der Waals surface area contributed by atoms with Crippen LogP contribution in [0, 0.1) is 0 Å². The first kappa shape index (κ1) is 16.3. The van der Waals surface area contributed by atoms with E-state index in [1.165, 1.54) is 13.2 Å². The molecule has 2 aromatic rings. The van der Waals surface area contributed by atoms with E-state index in [1.807, 2.05) is 30.3 Å². The highest BCUT2D eigenvalue weighted by Crippen LogP contribution is 2.16. The fourth-order valence-electron chi connectivity index (χ4n) is 1.90. The van der Waals surface area contributed by atoms with E-state index in [1.54, 1.807) is 24.3 Å². The van der Waals surface area contributed by atoms with E-state index in [9.17, 15) is 9.59 Å². The molecule has 2 aromatic carbocycles. The molecule has 0 saturated heterocycles. The molecule has 5 nitrogen and oxygen atoms in total. The van der Waals surface area contributed by atoms with Crippen LogP contribution >= 0.6 is 0 Å². The molecule has 1 N–H and O–H groups in total. The van der Waals surface area contributed by atoms with Crippen LogP contribution in [-0.2, 0) is 20.9 Å². The first-order valence-corrected chi connectivity index (χ1v) is 7.00. The van der Waals surface area contributed by atoms with Crippen molar-refractivity contribution in [2.75, 3.05) is 7.11 Å². The van der Waals surface area contributed by atoms with Crippen LogP contribution in [-0.4, -0.2) is 19.5 Å². The monoisotopic (exact) mass is 311 g/mol. The molecule has 1 amide bonds. The van der Waals surface area contributed by atoms with Crippen LogP contribution in [0.15, 0.2) is 60.3 Å². The van der Waals surface area contributed by atoms with E-state index in [2.05, 4.69) is 10.1 Å². The van der Waals surface area contributed by atoms with Crippen LogP contribution in [0.1, 0.15) is 11.1 Å². The highest BCUT2D eigenvalue weighted by Gasteiger charge is 2.08. The minimum absolute atomic E-state index is 0.0699. The lowest BCUT2D eigenvalue weighted by atomic mass is 10.2. The summed E-state index contributed by atoms with van der Waals surface area (Å²) in [6.07, 6.45) is 1.96. The van der Waals surface area contributed by atoms with Crippen molar-refractivity contribution in [2.45, 2.75) is 6.61 Å². The molecule has 0 fully saturated rings. The Bertz CT molecular complexity index is 678. The van der Waals surface area contributed by atoms with Gasteiger partial charge in [0.2, 0.25) is 6.41 Å². The first-order chi connectivity index (χ1) is 11.2. The number of esters is 1. The number of nitrogens with one attached hydrogen (secondary N) is 1. The molecule has 0 spiro atoms. The maximum Gasteiger partial charge on any atom is 0.354 e. The number of rotatable bonds is 7. The number of hydrogen-bond acceptors (Lipinski definition) is 4. The summed E-state index contributed by atoms with van der Waals surface area (Å²) in [5.41, 5.74) is 1.90. The van der Waals surface area contributed by atoms with E-state index < -0.39 is 5.97 Å². The largest absolute Gasteiger partial charge is 0.489 e. The summed E-state index contributed by atoms with van der Waals surface area (Å²) in [6.45, 7) is 0.482. The third-order valence-corrected chi connectivity index (χ3v) is 3.06. The maximum atomic E-state index is 11.5. The van der Waals surface area contributed by atoms with E-state index in [4.69, 9.17) is 4.74 Å². The van der Waals surface area contributed by atoms with Crippen molar-refractivity contribution in [3.8, 4) is 5.75 Å². The van der Waals surface area contributed by atoms with E-state index in [0.29, 0.717) is 18.8 Å². The van der Waals surface area contributed by atoms with Gasteiger partial charge < -0.3 is 14.8 Å². The number of carbonyl (C=O) groups is 2. The Morgan fingerprint density at radius 3 is 2.39 bits per heavy atom. The molecule has 0 heterocycles. The average Bonchev–Trinajstić information content (AvgIpc) is 2.61. The second kappa shape index (κ2) is 8.38. The summed E-state index contributed by atoms with van der Waals surface area (Å²) in [7, 11) is 1.25. The standard InChI is InChI=1S/C18H17NO4/c1-22-18(21)17(19-13-20)11-14-7-9-16(10-8-14)23-12-15-5-3-2-4-6-15/h2-11,13H,12H2,1H3,(H,19,20)/b17-11-. The molecule has 0 saturated carbocycles. The van der Waals surface area contributed by atoms with Crippen molar-refractivity contribution in [3.63, 3.8) is 0 Å². The summed E-state index contributed by atoms with van der Waals surface area (Å²) in [5, 5.41) is 2.32. The van der Waals surface area contributed by atoms with Gasteiger partial charge in [0.1, 0.15) is 18.1 Å². The molecule has 0 unspecified atom stereocenters. The Balaban J connectivity index is 2.03. The minimum atomic E-state index is -0.610. The summed E-state index contributed by atoms with van der Waals surface area (Å²) < 4.78 is 10.3. The third kappa shape index (κ3) is 5.00. The lowest BCUT2D eigenvalue weighted by Crippen LogP contribution is -2.19. The normalized spacial score (nSPS) is 10.7. The van der Waals surface area contributed by atoms with E-state index in [-0.39, 0.29) is 5.70 Å². The van der Waals surface area contributed by atoms with Gasteiger partial charge in [-0.15, -0.1) is 0 Å². The lowest BCUT2D eigenvalue weighted by Gasteiger charge is -2.07. The van der Waals surface area contributed by atoms with Crippen molar-refractivity contribution < 1.29 is 19.1 Å². The van der Waals surface area contributed by atoms with Gasteiger partial charge in [-0.05, 0) is 29.3 Å². The van der Waals surface area contributed by atoms with E-state index in [0.717, 1.165) is 11.1 Å². The number of methoxy groups -OCH3 is 1. The Morgan fingerprint density at radius 1 is 1.09 bits per heavy atom. The van der Waals surface area contributed by atoms with Gasteiger partial charge in [-0.3, -0.25) is 4.79 Å². The van der Waals surface area contributed by atoms with Gasteiger partial charge in [0.25, 0.3) is 0 Å². The Kier molecular flexibility index (Phi) is 5.94. The summed E-state index contributed by atoms with van der Waals surface area (Å²) >= 11 is 0. The number of benzene rings is 2. The molecular formula is C18H17NO4. The Hall–Kier alpha value is -3.08. The van der Waals surface area contributed by atoms with Crippen molar-refractivity contribution in [2.24, 2.45) is 0 Å². The molecule has 0 aliphatic heterocycles. The number of amides is 1. The Morgan fingerprint density at radius 2 is 1.78 bits per heavy atom. The molecule has 0 aliphatic rings. The molecule has 0 atom stereocenters. The van der Waals surface area contributed by atoms with Crippen LogP contribution in [0.4, 0.5) is 0 Å². The second-order valence-corrected chi connectivity index (χ2v) is 4.66. The fraction of sp³-hybridized carbons (Fsp3) is 0.111. The van der Waals surface area contributed by atoms with E-state index >= 15 is 0 Å². The fourth-order valence-corrected chi connectivity index (χ4v) is 1.90. The van der Waals surface area contributed by atoms with Gasteiger partial charge in [-0.1, -0.05) is 42.5 Å². The van der Waals surface area contributed by atoms with Crippen molar-refractivity contribution >= 4 is 18.5 Å². The molecule has 5 heteroatoms. The second-order valence-electron chi connectivity index (χ2n) is 4.66. The van der Waals surface area contributed by atoms with Crippen molar-refractivity contribution in [1.82, 2.24) is 5.32 Å². The van der Waals surface area contributed by atoms with Gasteiger partial charge in [-0.2, -0.15) is 0 Å². The van der Waals surface area contributed by atoms with Gasteiger partial charge in [0, 0.05) is 0 Å². The third-order valence-electron chi connectivity index (χ3n) is 3.06. The molecule has 0 bridgehead atoms. The zero-order valence-electron chi connectivity index (χ0n) is 12.7. The smallest absolute Gasteiger partial charge is 0.354 e. The van der Waals surface area contributed by atoms with Gasteiger partial charge in [-0.25, -0.2) is 4.79 Å². The summed E-state index contributed by atoms with van der Waals surface area (Å²) in [4.78, 5) is 22.0. The molecule has 118 valence electrons. The van der Waals surface area contributed by atoms with Gasteiger partial charge in [0.15, 0.2) is 0 Å². The minimum Gasteiger partial charge on any atom is -0.489 e. The molecule has 0 radical (unpaired) electrons. The quantitative estimate of drug-likeness (QED) is 0.485.